The third kappa shape index (κ3) is 3.53. The second kappa shape index (κ2) is 8.15. The summed E-state index contributed by atoms with van der Waals surface area (Å²) in [5.41, 5.74) is 5.85. The van der Waals surface area contributed by atoms with E-state index in [-0.39, 0.29) is 5.91 Å². The molecule has 2 aliphatic rings. The molecule has 1 saturated heterocycles. The van der Waals surface area contributed by atoms with Crippen LogP contribution >= 0.6 is 11.3 Å². The number of amides is 1. The average Bonchev–Trinajstić information content (AvgIpc) is 3.46. The Morgan fingerprint density at radius 1 is 0.970 bits per heavy atom. The van der Waals surface area contributed by atoms with Gasteiger partial charge in [0.2, 0.25) is 0 Å². The molecule has 33 heavy (non-hydrogen) atoms. The normalized spacial score (nSPS) is 15.3. The lowest BCUT2D eigenvalue weighted by Gasteiger charge is -2.35. The maximum Gasteiger partial charge on any atom is 0.264 e. The summed E-state index contributed by atoms with van der Waals surface area (Å²) in [5.74, 6) is 1.12. The number of rotatable bonds is 3. The maximum atomic E-state index is 13.4. The van der Waals surface area contributed by atoms with E-state index in [4.69, 9.17) is 5.10 Å². The molecule has 3 aromatic heterocycles. The lowest BCUT2D eigenvalue weighted by atomic mass is 9.95. The number of benzene rings is 1. The molecule has 1 fully saturated rings. The van der Waals surface area contributed by atoms with Gasteiger partial charge in [-0.1, -0.05) is 24.3 Å². The zero-order valence-electron chi connectivity index (χ0n) is 18.6. The second-order valence-electron chi connectivity index (χ2n) is 8.59. The molecule has 0 bridgehead atoms. The average molecular weight is 456 g/mol. The summed E-state index contributed by atoms with van der Waals surface area (Å²) < 4.78 is 2.08. The number of piperazine rings is 1. The van der Waals surface area contributed by atoms with E-state index >= 15 is 0 Å². The van der Waals surface area contributed by atoms with Crippen molar-refractivity contribution in [2.24, 2.45) is 0 Å². The van der Waals surface area contributed by atoms with Crippen LogP contribution in [0.2, 0.25) is 0 Å². The fourth-order valence-electron chi connectivity index (χ4n) is 4.90. The molecule has 1 aromatic carbocycles. The smallest absolute Gasteiger partial charge is 0.264 e. The van der Waals surface area contributed by atoms with Gasteiger partial charge in [0, 0.05) is 42.8 Å². The fraction of sp³-hybridized carbons (Fsp3) is 0.269. The van der Waals surface area contributed by atoms with Gasteiger partial charge in [-0.05, 0) is 55.7 Å². The summed E-state index contributed by atoms with van der Waals surface area (Å²) in [6.45, 7) is 5.12. The van der Waals surface area contributed by atoms with Gasteiger partial charge in [-0.25, -0.2) is 9.67 Å². The standard InChI is InChI=1S/C26H25N5OS/c1-18-24-21(31(28-18)20-7-3-2-4-8-20)11-10-19-17-22(33-25(19)24)26(32)30-15-13-29(14-16-30)23-9-5-6-12-27-23/h2-9,12,17H,10-11,13-16H2,1H3. The van der Waals surface area contributed by atoms with E-state index in [2.05, 4.69) is 39.7 Å². The van der Waals surface area contributed by atoms with Crippen LogP contribution in [0.1, 0.15) is 26.6 Å². The summed E-state index contributed by atoms with van der Waals surface area (Å²) in [5, 5.41) is 4.86. The minimum Gasteiger partial charge on any atom is -0.353 e. The Morgan fingerprint density at radius 3 is 2.52 bits per heavy atom. The highest BCUT2D eigenvalue weighted by Crippen LogP contribution is 2.42. The van der Waals surface area contributed by atoms with Crippen LogP contribution in [0.4, 0.5) is 5.82 Å². The van der Waals surface area contributed by atoms with Crippen molar-refractivity contribution in [3.8, 4) is 16.1 Å². The number of hydrogen-bond donors (Lipinski definition) is 0. The van der Waals surface area contributed by atoms with Crippen molar-refractivity contribution in [3.63, 3.8) is 0 Å². The van der Waals surface area contributed by atoms with E-state index in [1.165, 1.54) is 21.7 Å². The Labute approximate surface area is 197 Å². The van der Waals surface area contributed by atoms with Crippen molar-refractivity contribution in [1.82, 2.24) is 19.7 Å². The van der Waals surface area contributed by atoms with Crippen molar-refractivity contribution < 1.29 is 4.79 Å². The summed E-state index contributed by atoms with van der Waals surface area (Å²) >= 11 is 1.63. The van der Waals surface area contributed by atoms with Gasteiger partial charge in [0.25, 0.3) is 5.91 Å². The fourth-order valence-corrected chi connectivity index (χ4v) is 6.20. The van der Waals surface area contributed by atoms with Gasteiger partial charge in [-0.3, -0.25) is 4.79 Å². The number of pyridine rings is 1. The Bertz CT molecular complexity index is 1300. The van der Waals surface area contributed by atoms with E-state index in [1.807, 2.05) is 47.5 Å². The number of para-hydroxylation sites is 1. The van der Waals surface area contributed by atoms with Gasteiger partial charge in [0.15, 0.2) is 0 Å². The molecule has 1 aliphatic heterocycles. The van der Waals surface area contributed by atoms with Crippen molar-refractivity contribution in [3.05, 3.63) is 82.6 Å². The Hall–Kier alpha value is -3.45. The lowest BCUT2D eigenvalue weighted by Crippen LogP contribution is -2.48. The number of hydrogen-bond acceptors (Lipinski definition) is 5. The minimum atomic E-state index is 0.143. The Kier molecular flexibility index (Phi) is 4.99. The highest BCUT2D eigenvalue weighted by molar-refractivity contribution is 7.17. The van der Waals surface area contributed by atoms with Crippen LogP contribution in [0.25, 0.3) is 16.1 Å². The van der Waals surface area contributed by atoms with Gasteiger partial charge in [-0.2, -0.15) is 5.10 Å². The molecule has 4 aromatic rings. The van der Waals surface area contributed by atoms with E-state index in [0.717, 1.165) is 48.0 Å². The molecular formula is C26H25N5OS. The van der Waals surface area contributed by atoms with Crippen LogP contribution in [0.3, 0.4) is 0 Å². The van der Waals surface area contributed by atoms with Crippen molar-refractivity contribution in [2.45, 2.75) is 19.8 Å². The zero-order valence-corrected chi connectivity index (χ0v) is 19.4. The maximum absolute atomic E-state index is 13.4. The third-order valence-corrected chi connectivity index (χ3v) is 7.76. The van der Waals surface area contributed by atoms with Gasteiger partial charge in [-0.15, -0.1) is 11.3 Å². The summed E-state index contributed by atoms with van der Waals surface area (Å²) in [6, 6.07) is 18.4. The van der Waals surface area contributed by atoms with Crippen molar-refractivity contribution in [1.29, 1.82) is 0 Å². The molecule has 0 spiro atoms. The summed E-state index contributed by atoms with van der Waals surface area (Å²) in [7, 11) is 0. The largest absolute Gasteiger partial charge is 0.353 e. The monoisotopic (exact) mass is 455 g/mol. The van der Waals surface area contributed by atoms with Crippen molar-refractivity contribution >= 4 is 23.1 Å². The molecule has 7 heteroatoms. The molecule has 0 N–H and O–H groups in total. The highest BCUT2D eigenvalue weighted by Gasteiger charge is 2.30. The number of anilines is 1. The first-order valence-corrected chi connectivity index (χ1v) is 12.2. The predicted octanol–water partition coefficient (Wildman–Crippen LogP) is 4.37. The number of thiophene rings is 1. The topological polar surface area (TPSA) is 54.3 Å². The van der Waals surface area contributed by atoms with E-state index in [1.54, 1.807) is 11.3 Å². The molecule has 0 saturated carbocycles. The molecule has 1 aliphatic carbocycles. The first-order valence-electron chi connectivity index (χ1n) is 11.4. The lowest BCUT2D eigenvalue weighted by molar-refractivity contribution is 0.0751. The molecule has 1 amide bonds. The van der Waals surface area contributed by atoms with Gasteiger partial charge >= 0.3 is 0 Å². The number of fused-ring (bicyclic) bond motifs is 3. The number of nitrogens with zero attached hydrogens (tertiary/aromatic N) is 5. The van der Waals surface area contributed by atoms with Crippen molar-refractivity contribution in [2.75, 3.05) is 31.1 Å². The van der Waals surface area contributed by atoms with Gasteiger partial charge in [0.05, 0.1) is 22.0 Å². The van der Waals surface area contributed by atoms with Crippen LogP contribution in [-0.4, -0.2) is 51.8 Å². The first kappa shape index (κ1) is 20.2. The molecule has 6 nitrogen and oxygen atoms in total. The van der Waals surface area contributed by atoms with Crippen LogP contribution in [0, 0.1) is 6.92 Å². The third-order valence-electron chi connectivity index (χ3n) is 6.57. The SMILES string of the molecule is Cc1nn(-c2ccccc2)c2c1-c1sc(C(=O)N3CCN(c4ccccn4)CC3)cc1CC2. The number of carbonyl (C=O) groups is 1. The van der Waals surface area contributed by atoms with E-state index in [9.17, 15) is 4.79 Å². The Balaban J connectivity index is 1.25. The molecule has 6 rings (SSSR count). The molecule has 0 unspecified atom stereocenters. The van der Waals surface area contributed by atoms with Crippen LogP contribution < -0.4 is 4.90 Å². The molecule has 0 radical (unpaired) electrons. The van der Waals surface area contributed by atoms with Gasteiger partial charge in [0.1, 0.15) is 5.82 Å². The molecule has 0 atom stereocenters. The van der Waals surface area contributed by atoms with E-state index < -0.39 is 0 Å². The summed E-state index contributed by atoms with van der Waals surface area (Å²) in [4.78, 5) is 24.1. The Morgan fingerprint density at radius 2 is 1.76 bits per heavy atom. The number of aryl methyl sites for hydroxylation is 2. The zero-order chi connectivity index (χ0) is 22.4. The predicted molar refractivity (Wildman–Crippen MR) is 131 cm³/mol. The second-order valence-corrected chi connectivity index (χ2v) is 9.64. The molecular weight excluding hydrogens is 430 g/mol. The molecule has 166 valence electrons. The van der Waals surface area contributed by atoms with Crippen LogP contribution in [0.5, 0.6) is 0 Å². The molecule has 4 heterocycles. The van der Waals surface area contributed by atoms with Crippen LogP contribution in [0.15, 0.2) is 60.8 Å². The first-order chi connectivity index (χ1) is 16.2. The quantitative estimate of drug-likeness (QED) is 0.461. The minimum absolute atomic E-state index is 0.143. The summed E-state index contributed by atoms with van der Waals surface area (Å²) in [6.07, 6.45) is 3.70. The number of aromatic nitrogens is 3. The van der Waals surface area contributed by atoms with Crippen LogP contribution in [-0.2, 0) is 12.8 Å². The number of carbonyl (C=O) groups excluding carboxylic acids is 1. The van der Waals surface area contributed by atoms with E-state index in [0.29, 0.717) is 13.1 Å². The van der Waals surface area contributed by atoms with Gasteiger partial charge < -0.3 is 9.80 Å². The highest BCUT2D eigenvalue weighted by atomic mass is 32.1.